The molecule has 0 bridgehead atoms. The van der Waals surface area contributed by atoms with E-state index in [1.165, 1.54) is 19.3 Å². The minimum atomic E-state index is -0.332. The van der Waals surface area contributed by atoms with Gasteiger partial charge < -0.3 is 19.3 Å². The van der Waals surface area contributed by atoms with Crippen LogP contribution < -0.4 is 9.80 Å². The molecule has 6 heteroatoms. The number of aromatic nitrogens is 2. The quantitative estimate of drug-likeness (QED) is 0.830. The Morgan fingerprint density at radius 1 is 0.909 bits per heavy atom. The molecule has 3 aliphatic heterocycles. The molecule has 4 rings (SSSR count). The van der Waals surface area contributed by atoms with Crippen LogP contribution in [0.4, 0.5) is 11.8 Å². The lowest BCUT2D eigenvalue weighted by molar-refractivity contribution is -0.169. The Bertz CT molecular complexity index is 503. The lowest BCUT2D eigenvalue weighted by atomic mass is 10.0. The van der Waals surface area contributed by atoms with Crippen molar-refractivity contribution in [2.75, 3.05) is 49.2 Å². The maximum atomic E-state index is 5.79. The van der Waals surface area contributed by atoms with Crippen molar-refractivity contribution in [3.63, 3.8) is 0 Å². The highest BCUT2D eigenvalue weighted by molar-refractivity contribution is 5.44. The minimum Gasteiger partial charge on any atom is -0.356 e. The Balaban J connectivity index is 1.44. The maximum Gasteiger partial charge on any atom is 0.227 e. The summed E-state index contributed by atoms with van der Waals surface area (Å²) >= 11 is 0. The summed E-state index contributed by atoms with van der Waals surface area (Å²) in [5.41, 5.74) is 0. The summed E-state index contributed by atoms with van der Waals surface area (Å²) in [5, 5.41) is 0. The Morgan fingerprint density at radius 3 is 2.36 bits per heavy atom. The van der Waals surface area contributed by atoms with E-state index in [0.717, 1.165) is 64.0 Å². The van der Waals surface area contributed by atoms with Crippen molar-refractivity contribution < 1.29 is 9.47 Å². The van der Waals surface area contributed by atoms with Crippen molar-refractivity contribution in [3.8, 4) is 0 Å². The average Bonchev–Trinajstić information content (AvgIpc) is 3.05. The third kappa shape index (κ3) is 2.77. The Morgan fingerprint density at radius 2 is 1.64 bits per heavy atom. The van der Waals surface area contributed by atoms with Crippen LogP contribution in [0, 0.1) is 0 Å². The third-order valence-electron chi connectivity index (χ3n) is 4.93. The van der Waals surface area contributed by atoms with Crippen LogP contribution in [0.2, 0.25) is 0 Å². The van der Waals surface area contributed by atoms with Crippen LogP contribution >= 0.6 is 0 Å². The highest BCUT2D eigenvalue weighted by Gasteiger charge is 2.40. The SMILES string of the molecule is c1cc(N2CCCCC2)nc(N2CCC3(CC2)OCCO3)n1. The summed E-state index contributed by atoms with van der Waals surface area (Å²) in [6.45, 7) is 5.46. The van der Waals surface area contributed by atoms with Crippen LogP contribution in [0.25, 0.3) is 0 Å². The van der Waals surface area contributed by atoms with E-state index in [4.69, 9.17) is 14.5 Å². The second-order valence-corrected chi connectivity index (χ2v) is 6.36. The fourth-order valence-electron chi connectivity index (χ4n) is 3.62. The van der Waals surface area contributed by atoms with Gasteiger partial charge in [0.2, 0.25) is 5.95 Å². The number of hydrogen-bond acceptors (Lipinski definition) is 6. The molecular weight excluding hydrogens is 280 g/mol. The van der Waals surface area contributed by atoms with Gasteiger partial charge in [-0.2, -0.15) is 4.98 Å². The van der Waals surface area contributed by atoms with Crippen LogP contribution in [-0.4, -0.2) is 55.1 Å². The van der Waals surface area contributed by atoms with Crippen molar-refractivity contribution in [3.05, 3.63) is 12.3 Å². The predicted octanol–water partition coefficient (Wildman–Crippen LogP) is 1.81. The molecule has 22 heavy (non-hydrogen) atoms. The van der Waals surface area contributed by atoms with Gasteiger partial charge in [0, 0.05) is 45.2 Å². The molecule has 6 nitrogen and oxygen atoms in total. The van der Waals surface area contributed by atoms with Gasteiger partial charge in [0.25, 0.3) is 0 Å². The molecule has 3 fully saturated rings. The molecule has 0 unspecified atom stereocenters. The topological polar surface area (TPSA) is 50.7 Å². The Hall–Kier alpha value is -1.40. The molecule has 1 aromatic heterocycles. The van der Waals surface area contributed by atoms with Crippen molar-refractivity contribution in [1.29, 1.82) is 0 Å². The molecule has 3 saturated heterocycles. The largest absolute Gasteiger partial charge is 0.356 e. The van der Waals surface area contributed by atoms with E-state index in [9.17, 15) is 0 Å². The van der Waals surface area contributed by atoms with Crippen LogP contribution in [0.15, 0.2) is 12.3 Å². The van der Waals surface area contributed by atoms with E-state index >= 15 is 0 Å². The second-order valence-electron chi connectivity index (χ2n) is 6.36. The molecule has 0 radical (unpaired) electrons. The highest BCUT2D eigenvalue weighted by Crippen LogP contribution is 2.32. The fraction of sp³-hybridized carbons (Fsp3) is 0.750. The number of rotatable bonds is 2. The molecule has 0 aliphatic carbocycles. The molecule has 4 heterocycles. The fourth-order valence-corrected chi connectivity index (χ4v) is 3.62. The van der Waals surface area contributed by atoms with Crippen molar-refractivity contribution >= 4 is 11.8 Å². The summed E-state index contributed by atoms with van der Waals surface area (Å²) in [6.07, 6.45) is 7.54. The summed E-state index contributed by atoms with van der Waals surface area (Å²) in [5.74, 6) is 1.58. The van der Waals surface area contributed by atoms with E-state index in [2.05, 4.69) is 14.8 Å². The van der Waals surface area contributed by atoms with Crippen LogP contribution in [-0.2, 0) is 9.47 Å². The molecule has 0 N–H and O–H groups in total. The van der Waals surface area contributed by atoms with E-state index in [-0.39, 0.29) is 5.79 Å². The first kappa shape index (κ1) is 14.2. The van der Waals surface area contributed by atoms with E-state index < -0.39 is 0 Å². The molecule has 0 aromatic carbocycles. The molecule has 1 spiro atoms. The Labute approximate surface area is 131 Å². The molecular formula is C16H24N4O2. The lowest BCUT2D eigenvalue weighted by Gasteiger charge is -2.37. The standard InChI is InChI=1S/C16H24N4O2/c1-2-8-19(9-3-1)14-4-7-17-15(18-14)20-10-5-16(6-11-20)21-12-13-22-16/h4,7H,1-3,5-6,8-13H2. The van der Waals surface area contributed by atoms with Gasteiger partial charge in [0.05, 0.1) is 13.2 Å². The monoisotopic (exact) mass is 304 g/mol. The Kier molecular flexibility index (Phi) is 3.88. The number of hydrogen-bond donors (Lipinski definition) is 0. The first-order valence-corrected chi connectivity index (χ1v) is 8.46. The predicted molar refractivity (Wildman–Crippen MR) is 84.2 cm³/mol. The maximum absolute atomic E-state index is 5.79. The van der Waals surface area contributed by atoms with Crippen LogP contribution in [0.5, 0.6) is 0 Å². The normalized spacial score (nSPS) is 24.9. The number of piperidine rings is 2. The third-order valence-corrected chi connectivity index (χ3v) is 4.93. The molecule has 1 aromatic rings. The van der Waals surface area contributed by atoms with Crippen molar-refractivity contribution in [2.24, 2.45) is 0 Å². The van der Waals surface area contributed by atoms with Gasteiger partial charge in [0.15, 0.2) is 5.79 Å². The van der Waals surface area contributed by atoms with E-state index in [1.807, 2.05) is 12.3 Å². The number of ether oxygens (including phenoxy) is 2. The zero-order chi connectivity index (χ0) is 14.8. The van der Waals surface area contributed by atoms with Crippen LogP contribution in [0.3, 0.4) is 0 Å². The van der Waals surface area contributed by atoms with Crippen LogP contribution in [0.1, 0.15) is 32.1 Å². The van der Waals surface area contributed by atoms with Gasteiger partial charge in [-0.3, -0.25) is 0 Å². The van der Waals surface area contributed by atoms with Gasteiger partial charge in [-0.05, 0) is 25.3 Å². The molecule has 0 atom stereocenters. The minimum absolute atomic E-state index is 0.332. The van der Waals surface area contributed by atoms with Crippen molar-refractivity contribution in [1.82, 2.24) is 9.97 Å². The summed E-state index contributed by atoms with van der Waals surface area (Å²) in [7, 11) is 0. The zero-order valence-electron chi connectivity index (χ0n) is 13.0. The van der Waals surface area contributed by atoms with Gasteiger partial charge >= 0.3 is 0 Å². The lowest BCUT2D eigenvalue weighted by Crippen LogP contribution is -2.45. The molecule has 0 amide bonds. The van der Waals surface area contributed by atoms with Gasteiger partial charge in [0.1, 0.15) is 5.82 Å². The first-order valence-electron chi connectivity index (χ1n) is 8.46. The zero-order valence-corrected chi connectivity index (χ0v) is 13.0. The first-order chi connectivity index (χ1) is 10.8. The molecule has 120 valence electrons. The van der Waals surface area contributed by atoms with Gasteiger partial charge in [-0.15, -0.1) is 0 Å². The van der Waals surface area contributed by atoms with Crippen molar-refractivity contribution in [2.45, 2.75) is 37.9 Å². The van der Waals surface area contributed by atoms with E-state index in [0.29, 0.717) is 0 Å². The van der Waals surface area contributed by atoms with Gasteiger partial charge in [-0.25, -0.2) is 4.98 Å². The number of nitrogens with zero attached hydrogens (tertiary/aromatic N) is 4. The van der Waals surface area contributed by atoms with Gasteiger partial charge in [-0.1, -0.05) is 0 Å². The van der Waals surface area contributed by atoms with E-state index in [1.54, 1.807) is 0 Å². The molecule has 3 aliphatic rings. The summed E-state index contributed by atoms with van der Waals surface area (Å²) in [4.78, 5) is 13.9. The smallest absolute Gasteiger partial charge is 0.227 e. The summed E-state index contributed by atoms with van der Waals surface area (Å²) in [6, 6.07) is 2.03. The summed E-state index contributed by atoms with van der Waals surface area (Å²) < 4.78 is 11.6. The second kappa shape index (κ2) is 6.01. The molecule has 0 saturated carbocycles. The average molecular weight is 304 g/mol. The number of anilines is 2. The highest BCUT2D eigenvalue weighted by atomic mass is 16.7.